The summed E-state index contributed by atoms with van der Waals surface area (Å²) >= 11 is 7.50. The normalized spacial score (nSPS) is 14.5. The highest BCUT2D eigenvalue weighted by Gasteiger charge is 2.35. The molecule has 1 aliphatic rings. The molecule has 0 aromatic heterocycles. The van der Waals surface area contributed by atoms with Gasteiger partial charge in [-0.05, 0) is 64.4 Å². The number of hydrogen-bond acceptors (Lipinski definition) is 5. The van der Waals surface area contributed by atoms with Gasteiger partial charge in [-0.2, -0.15) is 0 Å². The molecule has 0 aliphatic carbocycles. The topological polar surface area (TPSA) is 55.8 Å². The molecule has 5 nitrogen and oxygen atoms in total. The number of amides is 2. The zero-order chi connectivity index (χ0) is 25.8. The van der Waals surface area contributed by atoms with Crippen LogP contribution in [-0.2, 0) is 17.9 Å². The molecule has 4 aromatic carbocycles. The molecule has 0 atom stereocenters. The molecule has 0 spiro atoms. The highest BCUT2D eigenvalue weighted by atomic mass is 35.5. The van der Waals surface area contributed by atoms with Gasteiger partial charge in [-0.3, -0.25) is 14.5 Å². The smallest absolute Gasteiger partial charge is 0.293 e. The van der Waals surface area contributed by atoms with Crippen molar-refractivity contribution in [2.45, 2.75) is 20.1 Å². The van der Waals surface area contributed by atoms with Crippen molar-refractivity contribution in [1.82, 2.24) is 4.90 Å². The Morgan fingerprint density at radius 3 is 2.49 bits per heavy atom. The number of carbonyl (C=O) groups excluding carboxylic acids is 2. The fourth-order valence-electron chi connectivity index (χ4n) is 4.19. The molecule has 2 amide bonds. The first-order chi connectivity index (χ1) is 18.0. The number of benzene rings is 4. The van der Waals surface area contributed by atoms with Gasteiger partial charge >= 0.3 is 0 Å². The Balaban J connectivity index is 1.38. The second-order valence-electron chi connectivity index (χ2n) is 8.44. The molecule has 0 radical (unpaired) electrons. The summed E-state index contributed by atoms with van der Waals surface area (Å²) in [4.78, 5) is 27.6. The number of halogens is 1. The van der Waals surface area contributed by atoms with Gasteiger partial charge < -0.3 is 9.47 Å². The quantitative estimate of drug-likeness (QED) is 0.219. The summed E-state index contributed by atoms with van der Waals surface area (Å²) in [6, 6.07) is 27.1. The zero-order valence-electron chi connectivity index (χ0n) is 20.1. The van der Waals surface area contributed by atoms with Crippen molar-refractivity contribution in [2.75, 3.05) is 6.61 Å². The van der Waals surface area contributed by atoms with Crippen LogP contribution in [0.4, 0.5) is 4.79 Å². The molecule has 1 heterocycles. The minimum Gasteiger partial charge on any atom is -0.490 e. The fourth-order valence-corrected chi connectivity index (χ4v) is 5.30. The van der Waals surface area contributed by atoms with Gasteiger partial charge in [0, 0.05) is 0 Å². The largest absolute Gasteiger partial charge is 0.490 e. The minimum absolute atomic E-state index is 0.209. The van der Waals surface area contributed by atoms with Gasteiger partial charge in [-0.1, -0.05) is 84.4 Å². The summed E-state index contributed by atoms with van der Waals surface area (Å²) in [6.07, 6.45) is 1.67. The van der Waals surface area contributed by atoms with Gasteiger partial charge in [0.1, 0.15) is 6.61 Å². The summed E-state index contributed by atoms with van der Waals surface area (Å²) in [7, 11) is 0. The third-order valence-corrected chi connectivity index (χ3v) is 7.13. The Labute approximate surface area is 224 Å². The van der Waals surface area contributed by atoms with Gasteiger partial charge in [0.25, 0.3) is 11.1 Å². The summed E-state index contributed by atoms with van der Waals surface area (Å²) < 4.78 is 11.8. The SMILES string of the molecule is CCOc1cc(/C=C2\SC(=O)N(Cc3cccc4ccccc34)C2=O)cc(Cl)c1OCc1ccccc1. The van der Waals surface area contributed by atoms with Crippen molar-refractivity contribution < 1.29 is 19.1 Å². The lowest BCUT2D eigenvalue weighted by atomic mass is 10.0. The van der Waals surface area contributed by atoms with E-state index in [9.17, 15) is 9.59 Å². The number of hydrogen-bond donors (Lipinski definition) is 0. The maximum Gasteiger partial charge on any atom is 0.293 e. The van der Waals surface area contributed by atoms with Crippen LogP contribution in [0, 0.1) is 0 Å². The van der Waals surface area contributed by atoms with Gasteiger partial charge in [0.15, 0.2) is 11.5 Å². The van der Waals surface area contributed by atoms with Crippen LogP contribution in [0.25, 0.3) is 16.8 Å². The highest BCUT2D eigenvalue weighted by molar-refractivity contribution is 8.18. The summed E-state index contributed by atoms with van der Waals surface area (Å²) in [5.74, 6) is 0.585. The lowest BCUT2D eigenvalue weighted by Gasteiger charge is -2.15. The van der Waals surface area contributed by atoms with Crippen LogP contribution in [-0.4, -0.2) is 22.7 Å². The van der Waals surface area contributed by atoms with Crippen molar-refractivity contribution in [2.24, 2.45) is 0 Å². The molecule has 0 unspecified atom stereocenters. The minimum atomic E-state index is -0.332. The number of ether oxygens (including phenoxy) is 2. The number of fused-ring (bicyclic) bond motifs is 1. The van der Waals surface area contributed by atoms with Crippen LogP contribution in [0.3, 0.4) is 0 Å². The first kappa shape index (κ1) is 24.9. The van der Waals surface area contributed by atoms with E-state index in [1.165, 1.54) is 4.90 Å². The maximum atomic E-state index is 13.2. The Kier molecular flexibility index (Phi) is 7.49. The van der Waals surface area contributed by atoms with Gasteiger partial charge in [0.05, 0.1) is 23.1 Å². The van der Waals surface area contributed by atoms with E-state index in [0.29, 0.717) is 40.2 Å². The van der Waals surface area contributed by atoms with Crippen LogP contribution in [0.1, 0.15) is 23.6 Å². The van der Waals surface area contributed by atoms with E-state index in [4.69, 9.17) is 21.1 Å². The predicted molar refractivity (Wildman–Crippen MR) is 149 cm³/mol. The van der Waals surface area contributed by atoms with E-state index >= 15 is 0 Å². The molecular weight excluding hydrogens is 506 g/mol. The Bertz CT molecular complexity index is 1500. The van der Waals surface area contributed by atoms with E-state index in [0.717, 1.165) is 33.7 Å². The number of imide groups is 1. The highest BCUT2D eigenvalue weighted by Crippen LogP contribution is 2.40. The summed E-state index contributed by atoms with van der Waals surface area (Å²) in [5.41, 5.74) is 2.57. The first-order valence-electron chi connectivity index (χ1n) is 11.9. The number of nitrogens with zero attached hydrogens (tertiary/aromatic N) is 1. The number of rotatable bonds is 8. The van der Waals surface area contributed by atoms with Crippen molar-refractivity contribution in [3.63, 3.8) is 0 Å². The van der Waals surface area contributed by atoms with Crippen molar-refractivity contribution in [3.8, 4) is 11.5 Å². The van der Waals surface area contributed by atoms with Crippen LogP contribution in [0.15, 0.2) is 89.8 Å². The van der Waals surface area contributed by atoms with E-state index < -0.39 is 0 Å². The molecule has 7 heteroatoms. The van der Waals surface area contributed by atoms with E-state index in [-0.39, 0.29) is 17.7 Å². The lowest BCUT2D eigenvalue weighted by molar-refractivity contribution is -0.123. The predicted octanol–water partition coefficient (Wildman–Crippen LogP) is 7.71. The average molecular weight is 530 g/mol. The van der Waals surface area contributed by atoms with Crippen LogP contribution in [0.5, 0.6) is 11.5 Å². The zero-order valence-corrected chi connectivity index (χ0v) is 21.7. The van der Waals surface area contributed by atoms with Crippen molar-refractivity contribution >= 4 is 51.4 Å². The second-order valence-corrected chi connectivity index (χ2v) is 9.84. The molecule has 37 heavy (non-hydrogen) atoms. The molecular formula is C30H24ClNO4S. The standard InChI is InChI=1S/C30H24ClNO4S/c1-2-35-26-16-21(15-25(31)28(26)36-19-20-9-4-3-5-10-20)17-27-29(33)32(30(34)37-27)18-23-13-8-12-22-11-6-7-14-24(22)23/h3-17H,2,18-19H2,1H3/b27-17-. The number of carbonyl (C=O) groups is 2. The Hall–Kier alpha value is -3.74. The Morgan fingerprint density at radius 2 is 1.68 bits per heavy atom. The molecule has 0 bridgehead atoms. The molecule has 5 rings (SSSR count). The summed E-state index contributed by atoms with van der Waals surface area (Å²) in [6.45, 7) is 2.84. The molecule has 0 N–H and O–H groups in total. The van der Waals surface area contributed by atoms with Crippen molar-refractivity contribution in [1.29, 1.82) is 0 Å². The second kappa shape index (κ2) is 11.1. The third kappa shape index (κ3) is 5.50. The molecule has 1 aliphatic heterocycles. The van der Waals surface area contributed by atoms with Gasteiger partial charge in [-0.25, -0.2) is 0 Å². The first-order valence-corrected chi connectivity index (χ1v) is 13.1. The maximum absolute atomic E-state index is 13.2. The third-order valence-electron chi connectivity index (χ3n) is 5.94. The monoisotopic (exact) mass is 529 g/mol. The lowest BCUT2D eigenvalue weighted by Crippen LogP contribution is -2.27. The molecule has 1 saturated heterocycles. The van der Waals surface area contributed by atoms with E-state index in [2.05, 4.69) is 0 Å². The average Bonchev–Trinajstić information content (AvgIpc) is 3.16. The van der Waals surface area contributed by atoms with E-state index in [1.54, 1.807) is 18.2 Å². The van der Waals surface area contributed by atoms with Crippen LogP contribution < -0.4 is 9.47 Å². The van der Waals surface area contributed by atoms with Gasteiger partial charge in [-0.15, -0.1) is 0 Å². The van der Waals surface area contributed by atoms with Crippen molar-refractivity contribution in [3.05, 3.63) is 112 Å². The van der Waals surface area contributed by atoms with Crippen LogP contribution >= 0.6 is 23.4 Å². The van der Waals surface area contributed by atoms with Crippen LogP contribution in [0.2, 0.25) is 5.02 Å². The fraction of sp³-hybridized carbons (Fsp3) is 0.133. The Morgan fingerprint density at radius 1 is 0.919 bits per heavy atom. The molecule has 0 saturated carbocycles. The van der Waals surface area contributed by atoms with Gasteiger partial charge in [0.2, 0.25) is 0 Å². The summed E-state index contributed by atoms with van der Waals surface area (Å²) in [5, 5.41) is 2.15. The molecule has 186 valence electrons. The number of thioether (sulfide) groups is 1. The molecule has 4 aromatic rings. The molecule has 1 fully saturated rings. The van der Waals surface area contributed by atoms with E-state index in [1.807, 2.05) is 79.7 Å².